The van der Waals surface area contributed by atoms with Crippen molar-refractivity contribution in [2.24, 2.45) is 0 Å². The molecule has 1 aliphatic carbocycles. The zero-order valence-electron chi connectivity index (χ0n) is 15.4. The van der Waals surface area contributed by atoms with Crippen molar-refractivity contribution in [3.8, 4) is 5.82 Å². The van der Waals surface area contributed by atoms with Crippen LogP contribution in [-0.2, 0) is 0 Å². The van der Waals surface area contributed by atoms with Gasteiger partial charge in [-0.1, -0.05) is 11.6 Å². The highest BCUT2D eigenvalue weighted by Gasteiger charge is 2.30. The summed E-state index contributed by atoms with van der Waals surface area (Å²) in [6.07, 6.45) is 5.29. The second-order valence-corrected chi connectivity index (χ2v) is 7.41. The third kappa shape index (κ3) is 3.42. The van der Waals surface area contributed by atoms with Gasteiger partial charge in [0, 0.05) is 35.3 Å². The first-order chi connectivity index (χ1) is 14.1. The van der Waals surface area contributed by atoms with Gasteiger partial charge >= 0.3 is 0 Å². The van der Waals surface area contributed by atoms with E-state index in [1.165, 1.54) is 6.20 Å². The van der Waals surface area contributed by atoms with Crippen molar-refractivity contribution in [1.29, 1.82) is 0 Å². The molecule has 5 rings (SSSR count). The standard InChI is InChI=1S/C18H16ClN9O/c1-9(13-7-11-6-12(19)8-21-15(11)24-17(13)29)22-18-20-5-4-14(23-18)28-16(10-2-3-10)25-26-27-28/h4-10H,2-3H2,1H3,(H,20,22,23)(H,21,24,29). The van der Waals surface area contributed by atoms with Crippen molar-refractivity contribution in [3.63, 3.8) is 0 Å². The summed E-state index contributed by atoms with van der Waals surface area (Å²) in [7, 11) is 0. The molecule has 1 aliphatic rings. The number of aromatic amines is 1. The van der Waals surface area contributed by atoms with Crippen LogP contribution >= 0.6 is 11.6 Å². The van der Waals surface area contributed by atoms with Crippen molar-refractivity contribution >= 4 is 28.6 Å². The molecule has 0 aliphatic heterocycles. The van der Waals surface area contributed by atoms with E-state index in [2.05, 4.69) is 40.8 Å². The van der Waals surface area contributed by atoms with Gasteiger partial charge in [0.2, 0.25) is 5.95 Å². The average Bonchev–Trinajstić information content (AvgIpc) is 3.44. The van der Waals surface area contributed by atoms with Crippen LogP contribution in [0.25, 0.3) is 16.9 Å². The molecule has 10 nitrogen and oxygen atoms in total. The molecule has 146 valence electrons. The Labute approximate surface area is 169 Å². The first-order valence-electron chi connectivity index (χ1n) is 9.15. The van der Waals surface area contributed by atoms with Crippen LogP contribution in [0.1, 0.15) is 43.1 Å². The lowest BCUT2D eigenvalue weighted by atomic mass is 10.1. The number of anilines is 1. The van der Waals surface area contributed by atoms with Crippen molar-refractivity contribution < 1.29 is 0 Å². The fraction of sp³-hybridized carbons (Fsp3) is 0.278. The van der Waals surface area contributed by atoms with E-state index in [0.717, 1.165) is 24.1 Å². The normalized spacial score (nSPS) is 14.8. The van der Waals surface area contributed by atoms with E-state index < -0.39 is 0 Å². The number of pyridine rings is 2. The zero-order chi connectivity index (χ0) is 20.0. The third-order valence-electron chi connectivity index (χ3n) is 4.80. The Kier molecular flexibility index (Phi) is 4.20. The molecule has 0 bridgehead atoms. The Morgan fingerprint density at radius 3 is 3.00 bits per heavy atom. The number of tetrazole rings is 1. The van der Waals surface area contributed by atoms with Crippen LogP contribution in [0.15, 0.2) is 35.4 Å². The number of H-pyrrole nitrogens is 1. The highest BCUT2D eigenvalue weighted by atomic mass is 35.5. The van der Waals surface area contributed by atoms with Crippen LogP contribution in [0.5, 0.6) is 0 Å². The van der Waals surface area contributed by atoms with Crippen LogP contribution in [0.4, 0.5) is 5.95 Å². The number of rotatable bonds is 5. The van der Waals surface area contributed by atoms with E-state index in [0.29, 0.717) is 33.9 Å². The van der Waals surface area contributed by atoms with Crippen molar-refractivity contribution in [1.82, 2.24) is 40.1 Å². The van der Waals surface area contributed by atoms with Crippen LogP contribution in [0.3, 0.4) is 0 Å². The second kappa shape index (κ2) is 6.89. The van der Waals surface area contributed by atoms with Gasteiger partial charge in [0.15, 0.2) is 11.6 Å². The number of hydrogen-bond donors (Lipinski definition) is 2. The Morgan fingerprint density at radius 2 is 2.17 bits per heavy atom. The predicted molar refractivity (Wildman–Crippen MR) is 106 cm³/mol. The molecule has 29 heavy (non-hydrogen) atoms. The molecule has 1 unspecified atom stereocenters. The van der Waals surface area contributed by atoms with Crippen LogP contribution in [0.2, 0.25) is 5.02 Å². The molecule has 4 heterocycles. The van der Waals surface area contributed by atoms with Gasteiger partial charge in [-0.15, -0.1) is 5.10 Å². The predicted octanol–water partition coefficient (Wildman–Crippen LogP) is 2.39. The minimum absolute atomic E-state index is 0.236. The van der Waals surface area contributed by atoms with Gasteiger partial charge in [0.25, 0.3) is 5.56 Å². The van der Waals surface area contributed by atoms with E-state index in [1.807, 2.05) is 6.92 Å². The third-order valence-corrected chi connectivity index (χ3v) is 5.00. The SMILES string of the molecule is CC(Nc1nccc(-n2nnnc2C2CC2)n1)c1cc2cc(Cl)cnc2[nH]c1=O. The first-order valence-corrected chi connectivity index (χ1v) is 9.53. The van der Waals surface area contributed by atoms with E-state index in [9.17, 15) is 4.79 Å². The fourth-order valence-electron chi connectivity index (χ4n) is 3.17. The maximum Gasteiger partial charge on any atom is 0.254 e. The number of halogens is 1. The molecule has 4 aromatic heterocycles. The van der Waals surface area contributed by atoms with Crippen LogP contribution < -0.4 is 10.9 Å². The minimum Gasteiger partial charge on any atom is -0.347 e. The lowest BCUT2D eigenvalue weighted by Crippen LogP contribution is -2.20. The quantitative estimate of drug-likeness (QED) is 0.514. The lowest BCUT2D eigenvalue weighted by Gasteiger charge is -2.14. The maximum absolute atomic E-state index is 12.5. The molecule has 1 atom stereocenters. The summed E-state index contributed by atoms with van der Waals surface area (Å²) >= 11 is 6.02. The number of fused-ring (bicyclic) bond motifs is 1. The first kappa shape index (κ1) is 17.7. The van der Waals surface area contributed by atoms with Gasteiger partial charge in [-0.2, -0.15) is 9.67 Å². The molecule has 0 aromatic carbocycles. The Balaban J connectivity index is 1.44. The Hall–Kier alpha value is -3.40. The van der Waals surface area contributed by atoms with Crippen molar-refractivity contribution in [2.45, 2.75) is 31.7 Å². The molecule has 2 N–H and O–H groups in total. The van der Waals surface area contributed by atoms with Gasteiger partial charge in [0.1, 0.15) is 5.65 Å². The van der Waals surface area contributed by atoms with Crippen molar-refractivity contribution in [2.75, 3.05) is 5.32 Å². The van der Waals surface area contributed by atoms with Gasteiger partial charge in [0.05, 0.1) is 11.1 Å². The molecule has 0 saturated heterocycles. The lowest BCUT2D eigenvalue weighted by molar-refractivity contribution is 0.738. The average molecular weight is 410 g/mol. The summed E-state index contributed by atoms with van der Waals surface area (Å²) in [6.45, 7) is 1.86. The largest absolute Gasteiger partial charge is 0.347 e. The summed E-state index contributed by atoms with van der Waals surface area (Å²) < 4.78 is 1.63. The summed E-state index contributed by atoms with van der Waals surface area (Å²) in [5.41, 5.74) is 0.775. The number of aromatic nitrogens is 8. The van der Waals surface area contributed by atoms with Crippen molar-refractivity contribution in [3.05, 3.63) is 57.4 Å². The summed E-state index contributed by atoms with van der Waals surface area (Å²) in [5.74, 6) is 2.13. The smallest absolute Gasteiger partial charge is 0.254 e. The highest BCUT2D eigenvalue weighted by molar-refractivity contribution is 6.31. The topological polar surface area (TPSA) is 127 Å². The molecule has 0 radical (unpaired) electrons. The number of hydrogen-bond acceptors (Lipinski definition) is 8. The fourth-order valence-corrected chi connectivity index (χ4v) is 3.33. The summed E-state index contributed by atoms with van der Waals surface area (Å²) in [4.78, 5) is 28.2. The summed E-state index contributed by atoms with van der Waals surface area (Å²) in [6, 6.07) is 4.91. The molecule has 0 spiro atoms. The molecule has 0 amide bonds. The summed E-state index contributed by atoms with van der Waals surface area (Å²) in [5, 5.41) is 16.3. The highest BCUT2D eigenvalue weighted by Crippen LogP contribution is 2.38. The monoisotopic (exact) mass is 409 g/mol. The van der Waals surface area contributed by atoms with E-state index in [1.54, 1.807) is 29.1 Å². The Bertz CT molecular complexity index is 1260. The molecule has 1 saturated carbocycles. The van der Waals surface area contributed by atoms with E-state index in [-0.39, 0.29) is 11.6 Å². The molecule has 1 fully saturated rings. The molecule has 11 heteroatoms. The van der Waals surface area contributed by atoms with Crippen LogP contribution in [0, 0.1) is 0 Å². The van der Waals surface area contributed by atoms with Gasteiger partial charge < -0.3 is 10.3 Å². The van der Waals surface area contributed by atoms with Crippen LogP contribution in [-0.4, -0.2) is 40.1 Å². The van der Waals surface area contributed by atoms with Gasteiger partial charge in [-0.25, -0.2) is 9.97 Å². The molecular weight excluding hydrogens is 394 g/mol. The van der Waals surface area contributed by atoms with Gasteiger partial charge in [-0.05, 0) is 42.3 Å². The Morgan fingerprint density at radius 1 is 1.31 bits per heavy atom. The number of nitrogens with one attached hydrogen (secondary N) is 2. The van der Waals surface area contributed by atoms with E-state index >= 15 is 0 Å². The second-order valence-electron chi connectivity index (χ2n) is 6.97. The van der Waals surface area contributed by atoms with Gasteiger partial charge in [-0.3, -0.25) is 4.79 Å². The van der Waals surface area contributed by atoms with E-state index in [4.69, 9.17) is 11.6 Å². The minimum atomic E-state index is -0.353. The number of nitrogens with zero attached hydrogens (tertiary/aromatic N) is 7. The molecule has 4 aromatic rings. The maximum atomic E-state index is 12.5. The zero-order valence-corrected chi connectivity index (χ0v) is 16.1. The molecular formula is C18H16ClN9O.